The van der Waals surface area contributed by atoms with Gasteiger partial charge in [0.25, 0.3) is 0 Å². The minimum atomic E-state index is 0.300. The quantitative estimate of drug-likeness (QED) is 0.928. The van der Waals surface area contributed by atoms with E-state index in [1.807, 2.05) is 0 Å². The fourth-order valence-electron chi connectivity index (χ4n) is 3.69. The maximum Gasteiger partial charge on any atom is 0.118 e. The second-order valence-corrected chi connectivity index (χ2v) is 6.74. The van der Waals surface area contributed by atoms with Crippen LogP contribution in [-0.2, 0) is 0 Å². The molecule has 0 bridgehead atoms. The number of rotatable bonds is 4. The lowest BCUT2D eigenvalue weighted by Gasteiger charge is -2.32. The minimum Gasteiger partial charge on any atom is -0.497 e. The number of aryl methyl sites for hydroxylation is 2. The highest BCUT2D eigenvalue weighted by atomic mass is 16.5. The summed E-state index contributed by atoms with van der Waals surface area (Å²) in [5.74, 6) is 0.912. The van der Waals surface area contributed by atoms with Crippen molar-refractivity contribution in [3.63, 3.8) is 0 Å². The lowest BCUT2D eigenvalue weighted by Crippen LogP contribution is -2.33. The van der Waals surface area contributed by atoms with E-state index in [1.54, 1.807) is 7.11 Å². The molecule has 0 aliphatic carbocycles. The first-order valence-electron chi connectivity index (χ1n) is 8.84. The topological polar surface area (TPSA) is 24.5 Å². The molecule has 1 heterocycles. The highest BCUT2D eigenvalue weighted by Gasteiger charge is 2.23. The van der Waals surface area contributed by atoms with Crippen LogP contribution >= 0.6 is 0 Å². The van der Waals surface area contributed by atoms with E-state index < -0.39 is 0 Å². The van der Waals surface area contributed by atoms with Crippen LogP contribution in [0.25, 0.3) is 0 Å². The zero-order valence-corrected chi connectivity index (χ0v) is 15.0. The van der Waals surface area contributed by atoms with E-state index in [9.17, 15) is 0 Å². The number of ether oxygens (including phenoxy) is 1. The van der Waals surface area contributed by atoms with Crippen LogP contribution in [0.15, 0.2) is 42.5 Å². The molecule has 0 amide bonds. The van der Waals surface area contributed by atoms with Crippen molar-refractivity contribution < 1.29 is 4.74 Å². The van der Waals surface area contributed by atoms with Crippen molar-refractivity contribution in [2.24, 2.45) is 0 Å². The fraction of sp³-hybridized carbons (Fsp3) is 0.429. The molecule has 3 rings (SSSR count). The standard InChI is InChI=1S/C21H28N2O/c1-16-13-17(2)15-19(14-16)21(23-11-4-9-22-10-12-23)18-5-7-20(24-3)8-6-18/h5-8,13-15,21-22H,4,9-12H2,1-3H3. The van der Waals surface area contributed by atoms with Crippen molar-refractivity contribution in [3.05, 3.63) is 64.7 Å². The Morgan fingerprint density at radius 3 is 2.29 bits per heavy atom. The minimum absolute atomic E-state index is 0.300. The smallest absolute Gasteiger partial charge is 0.118 e. The van der Waals surface area contributed by atoms with E-state index in [4.69, 9.17) is 4.74 Å². The summed E-state index contributed by atoms with van der Waals surface area (Å²) in [7, 11) is 1.72. The Morgan fingerprint density at radius 2 is 1.62 bits per heavy atom. The van der Waals surface area contributed by atoms with E-state index in [0.29, 0.717) is 6.04 Å². The van der Waals surface area contributed by atoms with Crippen molar-refractivity contribution >= 4 is 0 Å². The Labute approximate surface area is 145 Å². The highest BCUT2D eigenvalue weighted by molar-refractivity contribution is 5.39. The zero-order chi connectivity index (χ0) is 16.9. The van der Waals surface area contributed by atoms with Crippen LogP contribution in [0.1, 0.15) is 34.7 Å². The Bertz CT molecular complexity index is 638. The highest BCUT2D eigenvalue weighted by Crippen LogP contribution is 2.31. The van der Waals surface area contributed by atoms with E-state index in [-0.39, 0.29) is 0 Å². The molecule has 1 N–H and O–H groups in total. The van der Waals surface area contributed by atoms with Gasteiger partial charge in [-0.25, -0.2) is 0 Å². The van der Waals surface area contributed by atoms with E-state index in [0.717, 1.165) is 31.9 Å². The van der Waals surface area contributed by atoms with Crippen LogP contribution in [0.5, 0.6) is 5.75 Å². The Hall–Kier alpha value is -1.84. The normalized spacial score (nSPS) is 17.3. The SMILES string of the molecule is COc1ccc(C(c2cc(C)cc(C)c2)N2CCCNCC2)cc1. The Kier molecular flexibility index (Phi) is 5.54. The van der Waals surface area contributed by atoms with Crippen molar-refractivity contribution in [2.45, 2.75) is 26.3 Å². The first kappa shape index (κ1) is 17.0. The van der Waals surface area contributed by atoms with Gasteiger partial charge >= 0.3 is 0 Å². The molecule has 2 aromatic rings. The molecule has 3 heteroatoms. The first-order valence-corrected chi connectivity index (χ1v) is 8.84. The summed E-state index contributed by atoms with van der Waals surface area (Å²) in [6.45, 7) is 8.73. The first-order chi connectivity index (χ1) is 11.7. The summed E-state index contributed by atoms with van der Waals surface area (Å²) >= 11 is 0. The number of nitrogens with zero attached hydrogens (tertiary/aromatic N) is 1. The second-order valence-electron chi connectivity index (χ2n) is 6.74. The van der Waals surface area contributed by atoms with Crippen molar-refractivity contribution in [3.8, 4) is 5.75 Å². The molecular formula is C21H28N2O. The summed E-state index contributed by atoms with van der Waals surface area (Å²) in [6.07, 6.45) is 1.19. The summed E-state index contributed by atoms with van der Waals surface area (Å²) in [6, 6.07) is 15.8. The molecule has 1 fully saturated rings. The number of benzene rings is 2. The van der Waals surface area contributed by atoms with Crippen LogP contribution in [0, 0.1) is 13.8 Å². The predicted octanol–water partition coefficient (Wildman–Crippen LogP) is 3.70. The largest absolute Gasteiger partial charge is 0.497 e. The molecule has 24 heavy (non-hydrogen) atoms. The summed E-state index contributed by atoms with van der Waals surface area (Å²) in [5.41, 5.74) is 5.38. The van der Waals surface area contributed by atoms with Gasteiger partial charge in [0.05, 0.1) is 13.2 Å². The Morgan fingerprint density at radius 1 is 0.917 bits per heavy atom. The van der Waals surface area contributed by atoms with Crippen LogP contribution < -0.4 is 10.1 Å². The van der Waals surface area contributed by atoms with Gasteiger partial charge in [0, 0.05) is 19.6 Å². The lowest BCUT2D eigenvalue weighted by atomic mass is 9.94. The molecular weight excluding hydrogens is 296 g/mol. The maximum absolute atomic E-state index is 5.33. The summed E-state index contributed by atoms with van der Waals surface area (Å²) in [5, 5.41) is 3.51. The number of nitrogens with one attached hydrogen (secondary N) is 1. The molecule has 0 radical (unpaired) electrons. The molecule has 1 atom stereocenters. The molecule has 128 valence electrons. The van der Waals surface area contributed by atoms with Gasteiger partial charge in [-0.05, 0) is 50.1 Å². The molecule has 1 unspecified atom stereocenters. The van der Waals surface area contributed by atoms with Gasteiger partial charge in [0.15, 0.2) is 0 Å². The van der Waals surface area contributed by atoms with Gasteiger partial charge in [-0.3, -0.25) is 4.90 Å². The van der Waals surface area contributed by atoms with Crippen LogP contribution in [0.3, 0.4) is 0 Å². The number of hydrogen-bond donors (Lipinski definition) is 1. The van der Waals surface area contributed by atoms with Crippen LogP contribution in [0.2, 0.25) is 0 Å². The summed E-state index contributed by atoms with van der Waals surface area (Å²) in [4.78, 5) is 2.61. The third kappa shape index (κ3) is 3.97. The zero-order valence-electron chi connectivity index (χ0n) is 15.0. The number of methoxy groups -OCH3 is 1. The molecule has 2 aromatic carbocycles. The summed E-state index contributed by atoms with van der Waals surface area (Å²) < 4.78 is 5.33. The maximum atomic E-state index is 5.33. The molecule has 0 spiro atoms. The molecule has 1 aliphatic rings. The van der Waals surface area contributed by atoms with Gasteiger partial charge in [-0.2, -0.15) is 0 Å². The third-order valence-corrected chi connectivity index (χ3v) is 4.73. The van der Waals surface area contributed by atoms with Gasteiger partial charge in [0.1, 0.15) is 5.75 Å². The van der Waals surface area contributed by atoms with E-state index in [1.165, 1.54) is 28.7 Å². The van der Waals surface area contributed by atoms with Gasteiger partial charge < -0.3 is 10.1 Å². The van der Waals surface area contributed by atoms with Crippen LogP contribution in [-0.4, -0.2) is 38.2 Å². The van der Waals surface area contributed by atoms with Crippen LogP contribution in [0.4, 0.5) is 0 Å². The molecule has 0 saturated carbocycles. The predicted molar refractivity (Wildman–Crippen MR) is 99.8 cm³/mol. The molecule has 1 saturated heterocycles. The van der Waals surface area contributed by atoms with Crippen molar-refractivity contribution in [1.29, 1.82) is 0 Å². The average Bonchev–Trinajstić information content (AvgIpc) is 2.84. The lowest BCUT2D eigenvalue weighted by molar-refractivity contribution is 0.241. The van der Waals surface area contributed by atoms with E-state index in [2.05, 4.69) is 66.5 Å². The molecule has 1 aliphatic heterocycles. The second kappa shape index (κ2) is 7.82. The average molecular weight is 324 g/mol. The van der Waals surface area contributed by atoms with Gasteiger partial charge in [-0.15, -0.1) is 0 Å². The fourth-order valence-corrected chi connectivity index (χ4v) is 3.69. The third-order valence-electron chi connectivity index (χ3n) is 4.73. The van der Waals surface area contributed by atoms with Gasteiger partial charge in [0.2, 0.25) is 0 Å². The molecule has 3 nitrogen and oxygen atoms in total. The Balaban J connectivity index is 2.01. The van der Waals surface area contributed by atoms with Crippen molar-refractivity contribution in [1.82, 2.24) is 10.2 Å². The monoisotopic (exact) mass is 324 g/mol. The molecule has 0 aromatic heterocycles. The van der Waals surface area contributed by atoms with Crippen molar-refractivity contribution in [2.75, 3.05) is 33.3 Å². The van der Waals surface area contributed by atoms with E-state index >= 15 is 0 Å². The number of hydrogen-bond acceptors (Lipinski definition) is 3. The van der Waals surface area contributed by atoms with Gasteiger partial charge in [-0.1, -0.05) is 41.5 Å².